The number of nitrogens with zero attached hydrogens (tertiary/aromatic N) is 1. The molecule has 0 radical (unpaired) electrons. The number of benzene rings is 2. The lowest BCUT2D eigenvalue weighted by atomic mass is 10.1. The lowest BCUT2D eigenvalue weighted by Gasteiger charge is -2.17. The molecule has 0 spiro atoms. The van der Waals surface area contributed by atoms with Gasteiger partial charge in [0.25, 0.3) is 0 Å². The lowest BCUT2D eigenvalue weighted by molar-refractivity contribution is -0.119. The summed E-state index contributed by atoms with van der Waals surface area (Å²) in [6, 6.07) is 15.2. The SMILES string of the molecule is COC(=O)N=C(NC(=O)OC)Nc1cc(Sc2ccccc2)ccc1NC(=O)C1CCCC1. The second-order valence-corrected chi connectivity index (χ2v) is 8.41. The minimum Gasteiger partial charge on any atom is -0.453 e. The molecule has 1 fully saturated rings. The molecule has 1 aliphatic rings. The zero-order valence-electron chi connectivity index (χ0n) is 18.4. The number of hydrogen-bond donors (Lipinski definition) is 3. The maximum absolute atomic E-state index is 12.7. The second kappa shape index (κ2) is 11.9. The van der Waals surface area contributed by atoms with E-state index >= 15 is 0 Å². The van der Waals surface area contributed by atoms with Gasteiger partial charge < -0.3 is 20.1 Å². The van der Waals surface area contributed by atoms with Crippen molar-refractivity contribution in [2.75, 3.05) is 24.9 Å². The fraction of sp³-hybridized carbons (Fsp3) is 0.304. The van der Waals surface area contributed by atoms with E-state index in [-0.39, 0.29) is 17.8 Å². The summed E-state index contributed by atoms with van der Waals surface area (Å²) in [5.74, 6) is -0.300. The zero-order chi connectivity index (χ0) is 23.6. The topological polar surface area (TPSA) is 118 Å². The molecule has 9 nitrogen and oxygen atoms in total. The third kappa shape index (κ3) is 7.25. The summed E-state index contributed by atoms with van der Waals surface area (Å²) in [6.45, 7) is 0. The summed E-state index contributed by atoms with van der Waals surface area (Å²) in [6.07, 6.45) is 2.05. The van der Waals surface area contributed by atoms with Crippen molar-refractivity contribution in [3.8, 4) is 0 Å². The highest BCUT2D eigenvalue weighted by molar-refractivity contribution is 7.99. The average molecular weight is 471 g/mol. The monoisotopic (exact) mass is 470 g/mol. The minimum atomic E-state index is -0.916. The highest BCUT2D eigenvalue weighted by atomic mass is 32.2. The van der Waals surface area contributed by atoms with Crippen LogP contribution in [0, 0.1) is 5.92 Å². The van der Waals surface area contributed by atoms with Gasteiger partial charge in [0.2, 0.25) is 11.9 Å². The van der Waals surface area contributed by atoms with E-state index in [1.54, 1.807) is 12.1 Å². The molecule has 33 heavy (non-hydrogen) atoms. The molecule has 1 aliphatic carbocycles. The molecule has 0 unspecified atom stereocenters. The van der Waals surface area contributed by atoms with Crippen LogP contribution in [-0.2, 0) is 14.3 Å². The molecule has 0 saturated heterocycles. The highest BCUT2D eigenvalue weighted by Gasteiger charge is 2.23. The van der Waals surface area contributed by atoms with Gasteiger partial charge in [-0.25, -0.2) is 9.59 Å². The number of nitrogens with one attached hydrogen (secondary N) is 3. The smallest absolute Gasteiger partial charge is 0.436 e. The molecule has 174 valence electrons. The van der Waals surface area contributed by atoms with Crippen molar-refractivity contribution in [3.63, 3.8) is 0 Å². The van der Waals surface area contributed by atoms with Crippen molar-refractivity contribution in [1.82, 2.24) is 5.32 Å². The summed E-state index contributed by atoms with van der Waals surface area (Å²) in [5, 5.41) is 8.21. The van der Waals surface area contributed by atoms with E-state index in [1.807, 2.05) is 36.4 Å². The molecule has 0 bridgehead atoms. The van der Waals surface area contributed by atoms with Gasteiger partial charge in [-0.05, 0) is 43.2 Å². The van der Waals surface area contributed by atoms with Gasteiger partial charge in [-0.1, -0.05) is 42.8 Å². The molecule has 2 aromatic rings. The summed E-state index contributed by atoms with van der Waals surface area (Å²) < 4.78 is 9.17. The number of methoxy groups -OCH3 is 2. The van der Waals surface area contributed by atoms with Crippen molar-refractivity contribution < 1.29 is 23.9 Å². The first-order valence-corrected chi connectivity index (χ1v) is 11.3. The second-order valence-electron chi connectivity index (χ2n) is 7.27. The molecule has 0 aliphatic heterocycles. The van der Waals surface area contributed by atoms with E-state index in [9.17, 15) is 14.4 Å². The predicted molar refractivity (Wildman–Crippen MR) is 127 cm³/mol. The number of hydrogen-bond acceptors (Lipinski definition) is 6. The Labute approximate surface area is 196 Å². The molecule has 0 heterocycles. The Morgan fingerprint density at radius 2 is 1.64 bits per heavy atom. The normalized spacial score (nSPS) is 13.8. The van der Waals surface area contributed by atoms with Crippen molar-refractivity contribution >= 4 is 47.2 Å². The molecule has 3 amide bonds. The number of anilines is 2. The van der Waals surface area contributed by atoms with E-state index in [1.165, 1.54) is 26.0 Å². The number of amides is 3. The first kappa shape index (κ1) is 24.1. The summed E-state index contributed by atoms with van der Waals surface area (Å²) >= 11 is 1.52. The predicted octanol–water partition coefficient (Wildman–Crippen LogP) is 4.86. The zero-order valence-corrected chi connectivity index (χ0v) is 19.2. The van der Waals surface area contributed by atoms with Crippen LogP contribution in [-0.4, -0.2) is 38.3 Å². The van der Waals surface area contributed by atoms with Crippen LogP contribution in [0.1, 0.15) is 25.7 Å². The molecular formula is C23H26N4O5S. The Morgan fingerprint density at radius 3 is 2.30 bits per heavy atom. The fourth-order valence-corrected chi connectivity index (χ4v) is 4.22. The Balaban J connectivity index is 1.91. The average Bonchev–Trinajstić information content (AvgIpc) is 3.36. The van der Waals surface area contributed by atoms with Crippen LogP contribution >= 0.6 is 11.8 Å². The molecular weight excluding hydrogens is 444 g/mol. The van der Waals surface area contributed by atoms with Gasteiger partial charge in [-0.2, -0.15) is 0 Å². The molecule has 0 atom stereocenters. The van der Waals surface area contributed by atoms with Crippen LogP contribution in [0.5, 0.6) is 0 Å². The Hall–Kier alpha value is -3.53. The first-order chi connectivity index (χ1) is 16.0. The van der Waals surface area contributed by atoms with Crippen molar-refractivity contribution in [2.24, 2.45) is 10.9 Å². The number of aliphatic imine (C=N–C) groups is 1. The van der Waals surface area contributed by atoms with Gasteiger partial charge in [0.1, 0.15) is 0 Å². The van der Waals surface area contributed by atoms with E-state index in [4.69, 9.17) is 0 Å². The van der Waals surface area contributed by atoms with Gasteiger partial charge in [-0.15, -0.1) is 4.99 Å². The Morgan fingerprint density at radius 1 is 0.909 bits per heavy atom. The van der Waals surface area contributed by atoms with Gasteiger partial charge in [0, 0.05) is 15.7 Å². The van der Waals surface area contributed by atoms with Crippen molar-refractivity contribution in [2.45, 2.75) is 35.5 Å². The van der Waals surface area contributed by atoms with Crippen LogP contribution in [0.25, 0.3) is 0 Å². The van der Waals surface area contributed by atoms with Gasteiger partial charge in [0.05, 0.1) is 25.6 Å². The van der Waals surface area contributed by atoms with Crippen LogP contribution in [0.4, 0.5) is 21.0 Å². The molecule has 10 heteroatoms. The van der Waals surface area contributed by atoms with Crippen LogP contribution in [0.3, 0.4) is 0 Å². The molecule has 3 rings (SSSR count). The van der Waals surface area contributed by atoms with E-state index in [2.05, 4.69) is 30.4 Å². The highest BCUT2D eigenvalue weighted by Crippen LogP contribution is 2.34. The first-order valence-electron chi connectivity index (χ1n) is 10.4. The summed E-state index contributed by atoms with van der Waals surface area (Å²) in [4.78, 5) is 41.8. The third-order valence-corrected chi connectivity index (χ3v) is 5.99. The van der Waals surface area contributed by atoms with Crippen LogP contribution in [0.2, 0.25) is 0 Å². The van der Waals surface area contributed by atoms with Gasteiger partial charge in [-0.3, -0.25) is 10.1 Å². The number of ether oxygens (including phenoxy) is 2. The molecule has 3 N–H and O–H groups in total. The number of carbonyl (C=O) groups excluding carboxylic acids is 3. The molecule has 0 aromatic heterocycles. The molecule has 2 aromatic carbocycles. The van der Waals surface area contributed by atoms with E-state index in [0.29, 0.717) is 11.4 Å². The van der Waals surface area contributed by atoms with Crippen LogP contribution < -0.4 is 16.0 Å². The number of alkyl carbamates (subject to hydrolysis) is 1. The quantitative estimate of drug-likeness (QED) is 0.422. The van der Waals surface area contributed by atoms with Gasteiger partial charge >= 0.3 is 12.2 Å². The standard InChI is InChI=1S/C23H26N4O5S/c1-31-22(29)26-21(27-23(30)32-2)25-19-14-17(33-16-10-4-3-5-11-16)12-13-18(19)24-20(28)15-8-6-7-9-15/h3-5,10-15H,6-9H2,1-2H3,(H,24,28)(H2,25,26,27,29,30). The minimum absolute atomic E-state index is 0.0346. The van der Waals surface area contributed by atoms with Crippen molar-refractivity contribution in [1.29, 1.82) is 0 Å². The van der Waals surface area contributed by atoms with Crippen LogP contribution in [0.15, 0.2) is 63.3 Å². The van der Waals surface area contributed by atoms with Gasteiger partial charge in [0.15, 0.2) is 0 Å². The number of guanidine groups is 1. The van der Waals surface area contributed by atoms with E-state index < -0.39 is 12.2 Å². The molecule has 1 saturated carbocycles. The largest absolute Gasteiger partial charge is 0.453 e. The number of carbonyl (C=O) groups is 3. The Kier molecular flexibility index (Phi) is 8.71. The maximum Gasteiger partial charge on any atom is 0.436 e. The summed E-state index contributed by atoms with van der Waals surface area (Å²) in [5.41, 5.74) is 0.940. The van der Waals surface area contributed by atoms with Crippen molar-refractivity contribution in [3.05, 3.63) is 48.5 Å². The maximum atomic E-state index is 12.7. The summed E-state index contributed by atoms with van der Waals surface area (Å²) in [7, 11) is 2.36. The lowest BCUT2D eigenvalue weighted by Crippen LogP contribution is -2.37. The number of rotatable bonds is 5. The third-order valence-electron chi connectivity index (χ3n) is 4.99. The Bertz CT molecular complexity index is 1020. The fourth-order valence-electron chi connectivity index (χ4n) is 3.35. The van der Waals surface area contributed by atoms with E-state index in [0.717, 1.165) is 35.5 Å².